The Morgan fingerprint density at radius 1 is 1.39 bits per heavy atom. The molecular weight excluding hydrogens is 294 g/mol. The van der Waals surface area contributed by atoms with Gasteiger partial charge in [0.15, 0.2) is 0 Å². The number of hydrogen-bond acceptors (Lipinski definition) is 2. The van der Waals surface area contributed by atoms with Gasteiger partial charge in [-0.2, -0.15) is 0 Å². The molecule has 0 radical (unpaired) electrons. The predicted molar refractivity (Wildman–Crippen MR) is 76.5 cm³/mol. The molecule has 1 rings (SSSR count). The maximum atomic E-state index is 11.3. The molecule has 1 N–H and O–H groups in total. The van der Waals surface area contributed by atoms with Crippen molar-refractivity contribution >= 4 is 21.9 Å². The van der Waals surface area contributed by atoms with E-state index in [4.69, 9.17) is 0 Å². The highest BCUT2D eigenvalue weighted by Crippen LogP contribution is 2.20. The van der Waals surface area contributed by atoms with Gasteiger partial charge in [0.1, 0.15) is 6.04 Å². The van der Waals surface area contributed by atoms with Crippen LogP contribution in [0.3, 0.4) is 0 Å². The molecule has 0 spiro atoms. The zero-order chi connectivity index (χ0) is 13.7. The summed E-state index contributed by atoms with van der Waals surface area (Å²) in [5.74, 6) is -0.383. The van der Waals surface area contributed by atoms with Crippen LogP contribution < -0.4 is 0 Å². The summed E-state index contributed by atoms with van der Waals surface area (Å²) in [4.78, 5) is 13.2. The first-order chi connectivity index (χ1) is 8.41. The van der Waals surface area contributed by atoms with Gasteiger partial charge in [-0.25, -0.2) is 0 Å². The number of benzene rings is 1. The van der Waals surface area contributed by atoms with Gasteiger partial charge in [-0.05, 0) is 31.0 Å². The quantitative estimate of drug-likeness (QED) is 0.875. The summed E-state index contributed by atoms with van der Waals surface area (Å²) in [7, 11) is 1.86. The molecule has 0 unspecified atom stereocenters. The Bertz CT molecular complexity index is 407. The Labute approximate surface area is 117 Å². The minimum absolute atomic E-state index is 0.368. The number of carboxylic acids is 1. The van der Waals surface area contributed by atoms with Crippen LogP contribution in [-0.2, 0) is 11.3 Å². The van der Waals surface area contributed by atoms with E-state index in [2.05, 4.69) is 15.9 Å². The van der Waals surface area contributed by atoms with E-state index in [0.717, 1.165) is 10.0 Å². The Morgan fingerprint density at radius 3 is 2.50 bits per heavy atom. The predicted octanol–water partition coefficient (Wildman–Crippen LogP) is 3.38. The molecular formula is C14H20BrNO2. The van der Waals surface area contributed by atoms with Crippen LogP contribution in [0.1, 0.15) is 25.8 Å². The van der Waals surface area contributed by atoms with Crippen LogP contribution in [0.5, 0.6) is 0 Å². The molecule has 0 aliphatic carbocycles. The number of hydrogen-bond donors (Lipinski definition) is 1. The Balaban J connectivity index is 2.76. The van der Waals surface area contributed by atoms with E-state index in [9.17, 15) is 9.90 Å². The summed E-state index contributed by atoms with van der Waals surface area (Å²) in [6.45, 7) is 4.72. The molecule has 18 heavy (non-hydrogen) atoms. The number of aliphatic carboxylic acids is 1. The lowest BCUT2D eigenvalue weighted by Crippen LogP contribution is -2.39. The number of carbonyl (C=O) groups is 1. The molecule has 0 amide bonds. The first kappa shape index (κ1) is 15.2. The molecule has 1 atom stereocenters. The Hall–Kier alpha value is -0.870. The van der Waals surface area contributed by atoms with Crippen molar-refractivity contribution in [2.45, 2.75) is 32.9 Å². The number of halogens is 1. The van der Waals surface area contributed by atoms with Gasteiger partial charge >= 0.3 is 5.97 Å². The van der Waals surface area contributed by atoms with E-state index >= 15 is 0 Å². The zero-order valence-corrected chi connectivity index (χ0v) is 12.6. The number of carboxylic acid groups (broad SMARTS) is 1. The van der Waals surface area contributed by atoms with Gasteiger partial charge in [-0.15, -0.1) is 0 Å². The van der Waals surface area contributed by atoms with E-state index in [1.54, 1.807) is 0 Å². The monoisotopic (exact) mass is 313 g/mol. The molecule has 0 saturated carbocycles. The molecule has 0 heterocycles. The van der Waals surface area contributed by atoms with E-state index in [0.29, 0.717) is 18.9 Å². The Kier molecular flexibility index (Phi) is 5.82. The van der Waals surface area contributed by atoms with Crippen molar-refractivity contribution in [1.29, 1.82) is 0 Å². The molecule has 0 aromatic heterocycles. The summed E-state index contributed by atoms with van der Waals surface area (Å²) in [6, 6.07) is 7.47. The molecule has 4 heteroatoms. The van der Waals surface area contributed by atoms with Gasteiger partial charge in [0.2, 0.25) is 0 Å². The van der Waals surface area contributed by atoms with Gasteiger partial charge in [-0.3, -0.25) is 9.69 Å². The minimum Gasteiger partial charge on any atom is -0.480 e. The third-order valence-corrected chi connectivity index (χ3v) is 3.66. The van der Waals surface area contributed by atoms with Crippen molar-refractivity contribution < 1.29 is 9.90 Å². The van der Waals surface area contributed by atoms with Crippen molar-refractivity contribution in [2.75, 3.05) is 7.05 Å². The largest absolute Gasteiger partial charge is 0.480 e. The van der Waals surface area contributed by atoms with E-state index in [-0.39, 0.29) is 0 Å². The highest BCUT2D eigenvalue weighted by Gasteiger charge is 2.23. The minimum atomic E-state index is -0.752. The molecule has 0 aliphatic rings. The maximum absolute atomic E-state index is 11.3. The average molecular weight is 314 g/mol. The lowest BCUT2D eigenvalue weighted by molar-refractivity contribution is -0.143. The van der Waals surface area contributed by atoms with Crippen molar-refractivity contribution in [3.8, 4) is 0 Å². The van der Waals surface area contributed by atoms with Gasteiger partial charge in [0.05, 0.1) is 0 Å². The van der Waals surface area contributed by atoms with Crippen LogP contribution in [0.25, 0.3) is 0 Å². The van der Waals surface area contributed by atoms with Crippen LogP contribution in [0.2, 0.25) is 0 Å². The summed E-state index contributed by atoms with van der Waals surface area (Å²) in [5.41, 5.74) is 1.11. The summed E-state index contributed by atoms with van der Waals surface area (Å²) in [5, 5.41) is 9.29. The SMILES string of the molecule is CC(C)C[C@@H](C(=O)O)N(C)Cc1ccccc1Br. The van der Waals surface area contributed by atoms with Gasteiger partial charge in [0, 0.05) is 11.0 Å². The van der Waals surface area contributed by atoms with Crippen LogP contribution in [0, 0.1) is 5.92 Å². The fraction of sp³-hybridized carbons (Fsp3) is 0.500. The van der Waals surface area contributed by atoms with Crippen LogP contribution >= 0.6 is 15.9 Å². The van der Waals surface area contributed by atoms with Crippen LogP contribution in [0.15, 0.2) is 28.7 Å². The van der Waals surface area contributed by atoms with E-state index < -0.39 is 12.0 Å². The van der Waals surface area contributed by atoms with Crippen molar-refractivity contribution in [1.82, 2.24) is 4.90 Å². The van der Waals surface area contributed by atoms with E-state index in [1.807, 2.05) is 50.1 Å². The van der Waals surface area contributed by atoms with Gasteiger partial charge in [-0.1, -0.05) is 48.0 Å². The fourth-order valence-electron chi connectivity index (χ4n) is 1.92. The smallest absolute Gasteiger partial charge is 0.320 e. The normalized spacial score (nSPS) is 13.0. The summed E-state index contributed by atoms with van der Waals surface area (Å²) < 4.78 is 1.02. The fourth-order valence-corrected chi connectivity index (χ4v) is 2.33. The molecule has 1 aromatic carbocycles. The maximum Gasteiger partial charge on any atom is 0.320 e. The van der Waals surface area contributed by atoms with Crippen molar-refractivity contribution in [3.05, 3.63) is 34.3 Å². The molecule has 0 saturated heterocycles. The average Bonchev–Trinajstić information content (AvgIpc) is 2.28. The third-order valence-electron chi connectivity index (χ3n) is 2.89. The highest BCUT2D eigenvalue weighted by molar-refractivity contribution is 9.10. The van der Waals surface area contributed by atoms with Crippen molar-refractivity contribution in [3.63, 3.8) is 0 Å². The topological polar surface area (TPSA) is 40.5 Å². The molecule has 100 valence electrons. The first-order valence-electron chi connectivity index (χ1n) is 6.08. The number of nitrogens with zero attached hydrogens (tertiary/aromatic N) is 1. The second-order valence-electron chi connectivity index (χ2n) is 4.99. The number of rotatable bonds is 6. The lowest BCUT2D eigenvalue weighted by Gasteiger charge is -2.26. The second-order valence-corrected chi connectivity index (χ2v) is 5.84. The molecule has 3 nitrogen and oxygen atoms in total. The highest BCUT2D eigenvalue weighted by atomic mass is 79.9. The molecule has 0 aliphatic heterocycles. The van der Waals surface area contributed by atoms with Crippen LogP contribution in [0.4, 0.5) is 0 Å². The third kappa shape index (κ3) is 4.42. The van der Waals surface area contributed by atoms with Gasteiger partial charge in [0.25, 0.3) is 0 Å². The lowest BCUT2D eigenvalue weighted by atomic mass is 10.0. The van der Waals surface area contributed by atoms with Crippen molar-refractivity contribution in [2.24, 2.45) is 5.92 Å². The number of likely N-dealkylation sites (N-methyl/N-ethyl adjacent to an activating group) is 1. The molecule has 0 bridgehead atoms. The van der Waals surface area contributed by atoms with E-state index in [1.165, 1.54) is 0 Å². The Morgan fingerprint density at radius 2 is 2.00 bits per heavy atom. The zero-order valence-electron chi connectivity index (χ0n) is 11.1. The summed E-state index contributed by atoms with van der Waals surface area (Å²) >= 11 is 3.49. The molecule has 1 aromatic rings. The first-order valence-corrected chi connectivity index (χ1v) is 6.87. The molecule has 0 fully saturated rings. The van der Waals surface area contributed by atoms with Gasteiger partial charge < -0.3 is 5.11 Å². The summed E-state index contributed by atoms with van der Waals surface area (Å²) in [6.07, 6.45) is 0.663. The second kappa shape index (κ2) is 6.90. The van der Waals surface area contributed by atoms with Crippen LogP contribution in [-0.4, -0.2) is 29.1 Å². The standard InChI is InChI=1S/C14H20BrNO2/c1-10(2)8-13(14(17)18)16(3)9-11-6-4-5-7-12(11)15/h4-7,10,13H,8-9H2,1-3H3,(H,17,18)/t13-/m0/s1.